The highest BCUT2D eigenvalue weighted by molar-refractivity contribution is 6.02. The molecule has 1 N–H and O–H groups in total. The van der Waals surface area contributed by atoms with Crippen molar-refractivity contribution in [3.63, 3.8) is 0 Å². The maximum Gasteiger partial charge on any atom is 0.330 e. The molecule has 0 unspecified atom stereocenters. The molecule has 2 aromatic carbocycles. The van der Waals surface area contributed by atoms with E-state index in [9.17, 15) is 18.4 Å². The first-order valence-electron chi connectivity index (χ1n) is 8.61. The number of rotatable bonds is 2. The van der Waals surface area contributed by atoms with Gasteiger partial charge >= 0.3 is 12.1 Å². The third-order valence-electron chi connectivity index (χ3n) is 4.51. The predicted octanol–water partition coefficient (Wildman–Crippen LogP) is 4.77. The molecule has 2 aromatic rings. The Kier molecular flexibility index (Phi) is 4.87. The molecule has 1 aliphatic heterocycles. The summed E-state index contributed by atoms with van der Waals surface area (Å²) in [5, 5.41) is 2.32. The highest BCUT2D eigenvalue weighted by Gasteiger charge is 2.46. The van der Waals surface area contributed by atoms with Gasteiger partial charge in [-0.25, -0.2) is 23.3 Å². The molecule has 0 aromatic heterocycles. The van der Waals surface area contributed by atoms with Gasteiger partial charge in [0.05, 0.1) is 11.7 Å². The molecular formula is C20H21F2N3O2. The first-order valence-corrected chi connectivity index (χ1v) is 8.61. The second-order valence-corrected chi connectivity index (χ2v) is 7.39. The first-order chi connectivity index (χ1) is 12.7. The lowest BCUT2D eigenvalue weighted by atomic mass is 10.0. The number of nitrogens with zero attached hydrogens (tertiary/aromatic N) is 2. The van der Waals surface area contributed by atoms with Crippen LogP contribution in [0.5, 0.6) is 0 Å². The average Bonchev–Trinajstić information content (AvgIpc) is 2.97. The molecule has 0 spiro atoms. The van der Waals surface area contributed by atoms with Gasteiger partial charge in [0, 0.05) is 12.1 Å². The summed E-state index contributed by atoms with van der Waals surface area (Å²) in [6.45, 7) is 5.94. The van der Waals surface area contributed by atoms with Crippen LogP contribution in [0.2, 0.25) is 0 Å². The van der Waals surface area contributed by atoms with Gasteiger partial charge in [-0.05, 0) is 38.5 Å². The van der Waals surface area contributed by atoms with E-state index in [0.717, 1.165) is 16.5 Å². The fraction of sp³-hybridized carbons (Fsp3) is 0.300. The summed E-state index contributed by atoms with van der Waals surface area (Å²) in [5.41, 5.74) is -0.0234. The summed E-state index contributed by atoms with van der Waals surface area (Å²) in [4.78, 5) is 28.4. The number of amides is 4. The van der Waals surface area contributed by atoms with Crippen LogP contribution in [0.4, 0.5) is 24.1 Å². The fourth-order valence-corrected chi connectivity index (χ4v) is 3.09. The highest BCUT2D eigenvalue weighted by Crippen LogP contribution is 2.34. The van der Waals surface area contributed by atoms with E-state index in [0.29, 0.717) is 6.54 Å². The number of hydrogen-bond donors (Lipinski definition) is 1. The Morgan fingerprint density at radius 3 is 2.37 bits per heavy atom. The van der Waals surface area contributed by atoms with E-state index >= 15 is 0 Å². The number of carbonyl (C=O) groups is 2. The minimum absolute atomic E-state index is 0.311. The zero-order valence-corrected chi connectivity index (χ0v) is 15.4. The fourth-order valence-electron chi connectivity index (χ4n) is 3.09. The lowest BCUT2D eigenvalue weighted by Gasteiger charge is -2.31. The maximum atomic E-state index is 13.9. The zero-order chi connectivity index (χ0) is 19.8. The van der Waals surface area contributed by atoms with Crippen LogP contribution in [0.1, 0.15) is 32.4 Å². The summed E-state index contributed by atoms with van der Waals surface area (Å²) in [6, 6.07) is 10.8. The van der Waals surface area contributed by atoms with Crippen LogP contribution in [0.3, 0.4) is 0 Å². The normalized spacial score (nSPS) is 17.4. The number of imide groups is 1. The second kappa shape index (κ2) is 6.98. The predicted molar refractivity (Wildman–Crippen MR) is 98.3 cm³/mol. The Labute approximate surface area is 156 Å². The lowest BCUT2D eigenvalue weighted by Crippen LogP contribution is -2.46. The number of urea groups is 2. The third kappa shape index (κ3) is 3.63. The van der Waals surface area contributed by atoms with Gasteiger partial charge in [-0.2, -0.15) is 0 Å². The number of halogens is 2. The van der Waals surface area contributed by atoms with Gasteiger partial charge in [0.15, 0.2) is 11.6 Å². The van der Waals surface area contributed by atoms with Crippen molar-refractivity contribution in [3.05, 3.63) is 65.7 Å². The topological polar surface area (TPSA) is 52.6 Å². The Morgan fingerprint density at radius 2 is 1.74 bits per heavy atom. The van der Waals surface area contributed by atoms with Crippen molar-refractivity contribution in [2.75, 3.05) is 11.9 Å². The van der Waals surface area contributed by atoms with Gasteiger partial charge in [-0.3, -0.25) is 0 Å². The smallest absolute Gasteiger partial charge is 0.317 e. The van der Waals surface area contributed by atoms with Crippen LogP contribution in [-0.4, -0.2) is 33.9 Å². The van der Waals surface area contributed by atoms with E-state index in [4.69, 9.17) is 0 Å². The second-order valence-electron chi connectivity index (χ2n) is 7.39. The Bertz CT molecular complexity index is 865. The van der Waals surface area contributed by atoms with Gasteiger partial charge < -0.3 is 10.2 Å². The summed E-state index contributed by atoms with van der Waals surface area (Å²) >= 11 is 0. The van der Waals surface area contributed by atoms with E-state index in [-0.39, 0.29) is 5.69 Å². The van der Waals surface area contributed by atoms with Crippen molar-refractivity contribution in [2.24, 2.45) is 0 Å². The van der Waals surface area contributed by atoms with Crippen LogP contribution in [0.25, 0.3) is 0 Å². The summed E-state index contributed by atoms with van der Waals surface area (Å²) in [6.07, 6.45) is 0. The van der Waals surface area contributed by atoms with Gasteiger partial charge in [0.25, 0.3) is 0 Å². The van der Waals surface area contributed by atoms with Crippen molar-refractivity contribution in [1.29, 1.82) is 0 Å². The largest absolute Gasteiger partial charge is 0.330 e. The molecule has 27 heavy (non-hydrogen) atoms. The molecule has 1 heterocycles. The Hall–Kier alpha value is -2.96. The number of benzene rings is 2. The van der Waals surface area contributed by atoms with Crippen molar-refractivity contribution >= 4 is 17.7 Å². The number of nitrogens with one attached hydrogen (secondary N) is 1. The van der Waals surface area contributed by atoms with Gasteiger partial charge in [0.2, 0.25) is 0 Å². The molecular weight excluding hydrogens is 352 g/mol. The van der Waals surface area contributed by atoms with Crippen LogP contribution >= 0.6 is 0 Å². The molecule has 1 fully saturated rings. The Balaban J connectivity index is 1.95. The molecule has 0 radical (unpaired) electrons. The molecule has 142 valence electrons. The maximum absolute atomic E-state index is 13.9. The average molecular weight is 373 g/mol. The van der Waals surface area contributed by atoms with Crippen molar-refractivity contribution < 1.29 is 18.4 Å². The van der Waals surface area contributed by atoms with Crippen LogP contribution < -0.4 is 5.32 Å². The summed E-state index contributed by atoms with van der Waals surface area (Å²) in [7, 11) is 0. The molecule has 1 saturated heterocycles. The van der Waals surface area contributed by atoms with E-state index in [1.807, 2.05) is 51.1 Å². The number of carbonyl (C=O) groups excluding carboxylic acids is 2. The molecule has 0 saturated carbocycles. The van der Waals surface area contributed by atoms with Crippen LogP contribution in [0.15, 0.2) is 48.5 Å². The molecule has 7 heteroatoms. The molecule has 1 aliphatic rings. The van der Waals surface area contributed by atoms with Crippen molar-refractivity contribution in [1.82, 2.24) is 9.80 Å². The summed E-state index contributed by atoms with van der Waals surface area (Å²) < 4.78 is 27.4. The van der Waals surface area contributed by atoms with E-state index < -0.39 is 35.3 Å². The summed E-state index contributed by atoms with van der Waals surface area (Å²) in [5.74, 6) is -2.24. The van der Waals surface area contributed by atoms with Crippen molar-refractivity contribution in [2.45, 2.75) is 32.4 Å². The monoisotopic (exact) mass is 373 g/mol. The molecule has 3 rings (SSSR count). The van der Waals surface area contributed by atoms with E-state index in [2.05, 4.69) is 5.32 Å². The third-order valence-corrected chi connectivity index (χ3v) is 4.51. The molecule has 5 nitrogen and oxygen atoms in total. The SMILES string of the molecule is CC(C)(C)N1C[C@H](c2ccccc2)N(C(=O)Nc2cccc(F)c2F)C1=O. The highest BCUT2D eigenvalue weighted by atomic mass is 19.2. The zero-order valence-electron chi connectivity index (χ0n) is 15.4. The van der Waals surface area contributed by atoms with Crippen LogP contribution in [-0.2, 0) is 0 Å². The lowest BCUT2D eigenvalue weighted by molar-refractivity contribution is 0.158. The van der Waals surface area contributed by atoms with E-state index in [1.54, 1.807) is 4.90 Å². The minimum atomic E-state index is -1.17. The first kappa shape index (κ1) is 18.8. The van der Waals surface area contributed by atoms with Gasteiger partial charge in [-0.15, -0.1) is 0 Å². The van der Waals surface area contributed by atoms with Gasteiger partial charge in [0.1, 0.15) is 0 Å². The van der Waals surface area contributed by atoms with Gasteiger partial charge in [-0.1, -0.05) is 36.4 Å². The Morgan fingerprint density at radius 1 is 1.07 bits per heavy atom. The quantitative estimate of drug-likeness (QED) is 0.824. The van der Waals surface area contributed by atoms with E-state index in [1.165, 1.54) is 12.1 Å². The molecule has 0 bridgehead atoms. The van der Waals surface area contributed by atoms with Crippen molar-refractivity contribution in [3.8, 4) is 0 Å². The number of hydrogen-bond acceptors (Lipinski definition) is 2. The standard InChI is InChI=1S/C20H21F2N3O2/c1-20(2,3)24-12-16(13-8-5-4-6-9-13)25(19(24)27)18(26)23-15-11-7-10-14(21)17(15)22/h4-11,16H,12H2,1-3H3,(H,23,26)/t16-/m1/s1. The van der Waals surface area contributed by atoms with Crippen LogP contribution in [0, 0.1) is 11.6 Å². The number of anilines is 1. The minimum Gasteiger partial charge on any atom is -0.317 e. The molecule has 1 atom stereocenters. The molecule has 0 aliphatic carbocycles. The molecule has 4 amide bonds.